The number of ether oxygens (including phenoxy) is 1. The van der Waals surface area contributed by atoms with Crippen LogP contribution in [0.15, 0.2) is 43.1 Å². The topological polar surface area (TPSA) is 84.2 Å². The maximum Gasteiger partial charge on any atom is 0.247 e. The molecule has 2 aliphatic heterocycles. The molecule has 1 aromatic carbocycles. The molecule has 4 heterocycles. The van der Waals surface area contributed by atoms with Gasteiger partial charge in [0, 0.05) is 62.4 Å². The molecule has 2 aliphatic rings. The summed E-state index contributed by atoms with van der Waals surface area (Å²) in [5.41, 5.74) is 1.94. The Kier molecular flexibility index (Phi) is 5.01. The Morgan fingerprint density at radius 2 is 1.97 bits per heavy atom. The maximum atomic E-state index is 6.37. The molecule has 3 aromatic rings. The van der Waals surface area contributed by atoms with Crippen molar-refractivity contribution in [1.82, 2.24) is 29.6 Å². The van der Waals surface area contributed by atoms with Crippen LogP contribution in [0.3, 0.4) is 0 Å². The molecule has 9 nitrogen and oxygen atoms in total. The summed E-state index contributed by atoms with van der Waals surface area (Å²) in [5.74, 6) is 1.08. The van der Waals surface area contributed by atoms with Crippen molar-refractivity contribution in [2.75, 3.05) is 49.6 Å². The van der Waals surface area contributed by atoms with Gasteiger partial charge >= 0.3 is 0 Å². The average molecular weight is 415 g/mol. The van der Waals surface area contributed by atoms with Gasteiger partial charge in [0.1, 0.15) is 6.33 Å². The second kappa shape index (κ2) is 7.94. The highest BCUT2D eigenvalue weighted by Gasteiger charge is 2.32. The number of benzene rings is 1. The number of hydrogen-bond donors (Lipinski definition) is 1. The van der Waals surface area contributed by atoms with Crippen molar-refractivity contribution in [3.05, 3.63) is 48.1 Å². The van der Waals surface area contributed by atoms with E-state index in [9.17, 15) is 0 Å². The molecule has 152 valence electrons. The van der Waals surface area contributed by atoms with Crippen LogP contribution in [0.1, 0.15) is 1.43 Å². The standard InChI is InChI=1S/C19H21ClN8O.H2/c20-14-7-15(24-19-23-13-28(25-19)18-10-21-1-2-22-18)9-16(8-14)27-11-17(12-27)26-3-5-29-6-4-26;/h1-2,7-10,13,17H,3-6,11-12H2,(H,24,25);1H. The number of aromatic nitrogens is 5. The van der Waals surface area contributed by atoms with Gasteiger partial charge in [0.05, 0.1) is 19.4 Å². The predicted octanol–water partition coefficient (Wildman–Crippen LogP) is 2.22. The molecule has 1 N–H and O–H groups in total. The van der Waals surface area contributed by atoms with Crippen molar-refractivity contribution in [3.63, 3.8) is 0 Å². The van der Waals surface area contributed by atoms with E-state index in [1.165, 1.54) is 0 Å². The lowest BCUT2D eigenvalue weighted by molar-refractivity contribution is 0.0105. The Bertz CT molecular complexity index is 976. The summed E-state index contributed by atoms with van der Waals surface area (Å²) in [6.45, 7) is 5.69. The lowest BCUT2D eigenvalue weighted by atomic mass is 10.0. The summed E-state index contributed by atoms with van der Waals surface area (Å²) in [6.07, 6.45) is 6.46. The number of morpholine rings is 1. The van der Waals surface area contributed by atoms with Gasteiger partial charge in [0.15, 0.2) is 5.82 Å². The summed E-state index contributed by atoms with van der Waals surface area (Å²) in [5, 5.41) is 8.30. The van der Waals surface area contributed by atoms with E-state index in [1.807, 2.05) is 12.1 Å². The molecule has 0 radical (unpaired) electrons. The average Bonchev–Trinajstić information content (AvgIpc) is 3.16. The molecule has 2 fully saturated rings. The fraction of sp³-hybridized carbons (Fsp3) is 0.368. The molecule has 0 spiro atoms. The van der Waals surface area contributed by atoms with Crippen LogP contribution >= 0.6 is 11.6 Å². The van der Waals surface area contributed by atoms with Crippen LogP contribution < -0.4 is 10.2 Å². The van der Waals surface area contributed by atoms with Gasteiger partial charge in [0.2, 0.25) is 5.95 Å². The summed E-state index contributed by atoms with van der Waals surface area (Å²) in [4.78, 5) is 17.4. The van der Waals surface area contributed by atoms with Crippen LogP contribution in [-0.4, -0.2) is 75.1 Å². The van der Waals surface area contributed by atoms with Gasteiger partial charge in [-0.15, -0.1) is 5.10 Å². The van der Waals surface area contributed by atoms with Gasteiger partial charge in [-0.25, -0.2) is 4.98 Å². The second-order valence-electron chi connectivity index (χ2n) is 7.11. The Labute approximate surface area is 174 Å². The number of rotatable bonds is 5. The summed E-state index contributed by atoms with van der Waals surface area (Å²) in [7, 11) is 0. The van der Waals surface area contributed by atoms with E-state index in [-0.39, 0.29) is 1.43 Å². The predicted molar refractivity (Wildman–Crippen MR) is 112 cm³/mol. The zero-order chi connectivity index (χ0) is 19.6. The third-order valence-electron chi connectivity index (χ3n) is 5.20. The van der Waals surface area contributed by atoms with Crippen LogP contribution in [0.4, 0.5) is 17.3 Å². The molecule has 0 aliphatic carbocycles. The van der Waals surface area contributed by atoms with Crippen molar-refractivity contribution in [2.45, 2.75) is 6.04 Å². The lowest BCUT2D eigenvalue weighted by Gasteiger charge is -2.47. The molecule has 0 unspecified atom stereocenters. The first-order valence-corrected chi connectivity index (χ1v) is 9.95. The van der Waals surface area contributed by atoms with Crippen molar-refractivity contribution in [1.29, 1.82) is 0 Å². The smallest absolute Gasteiger partial charge is 0.247 e. The van der Waals surface area contributed by atoms with Crippen molar-refractivity contribution >= 4 is 28.9 Å². The van der Waals surface area contributed by atoms with E-state index in [0.717, 1.165) is 50.8 Å². The van der Waals surface area contributed by atoms with E-state index >= 15 is 0 Å². The number of anilines is 3. The van der Waals surface area contributed by atoms with Crippen molar-refractivity contribution < 1.29 is 6.16 Å². The fourth-order valence-electron chi connectivity index (χ4n) is 3.64. The van der Waals surface area contributed by atoms with Gasteiger partial charge < -0.3 is 15.0 Å². The van der Waals surface area contributed by atoms with Crippen molar-refractivity contribution in [2.24, 2.45) is 0 Å². The minimum absolute atomic E-state index is 0. The number of nitrogens with zero attached hydrogens (tertiary/aromatic N) is 7. The molecule has 29 heavy (non-hydrogen) atoms. The van der Waals surface area contributed by atoms with Crippen LogP contribution in [0.2, 0.25) is 5.02 Å². The quantitative estimate of drug-likeness (QED) is 0.680. The first kappa shape index (κ1) is 18.3. The molecule has 0 saturated carbocycles. The number of hydrogen-bond acceptors (Lipinski definition) is 8. The first-order valence-electron chi connectivity index (χ1n) is 9.57. The van der Waals surface area contributed by atoms with Gasteiger partial charge in [-0.05, 0) is 18.2 Å². The summed E-state index contributed by atoms with van der Waals surface area (Å²) in [6, 6.07) is 6.52. The molecule has 5 rings (SSSR count). The molecule has 10 heteroatoms. The number of halogens is 1. The minimum Gasteiger partial charge on any atom is -0.379 e. The minimum atomic E-state index is 0. The largest absolute Gasteiger partial charge is 0.379 e. The maximum absolute atomic E-state index is 6.37. The zero-order valence-electron chi connectivity index (χ0n) is 15.8. The SMILES string of the molecule is Clc1cc(Nc2ncn(-c3cnccn3)n2)cc(N2CC(N3CCOCC3)C2)c1.[HH]. The van der Waals surface area contributed by atoms with Gasteiger partial charge in [-0.1, -0.05) is 11.6 Å². The van der Waals surface area contributed by atoms with Crippen LogP contribution in [0, 0.1) is 0 Å². The Morgan fingerprint density at radius 3 is 2.76 bits per heavy atom. The lowest BCUT2D eigenvalue weighted by Crippen LogP contribution is -2.61. The van der Waals surface area contributed by atoms with Crippen LogP contribution in [-0.2, 0) is 4.74 Å². The third-order valence-corrected chi connectivity index (χ3v) is 5.42. The van der Waals surface area contributed by atoms with E-state index < -0.39 is 0 Å². The fourth-order valence-corrected chi connectivity index (χ4v) is 3.87. The van der Waals surface area contributed by atoms with E-state index in [0.29, 0.717) is 22.8 Å². The molecule has 2 aromatic heterocycles. The van der Waals surface area contributed by atoms with E-state index in [1.54, 1.807) is 29.6 Å². The zero-order valence-corrected chi connectivity index (χ0v) is 16.5. The van der Waals surface area contributed by atoms with Crippen molar-refractivity contribution in [3.8, 4) is 5.82 Å². The molecule has 2 saturated heterocycles. The van der Waals surface area contributed by atoms with Gasteiger partial charge in [-0.2, -0.15) is 9.67 Å². The molecule has 0 atom stereocenters. The normalized spacial score (nSPS) is 17.9. The molecule has 0 amide bonds. The summed E-state index contributed by atoms with van der Waals surface area (Å²) < 4.78 is 7.02. The van der Waals surface area contributed by atoms with E-state index in [4.69, 9.17) is 16.3 Å². The Morgan fingerprint density at radius 1 is 1.10 bits per heavy atom. The van der Waals surface area contributed by atoms with Gasteiger partial charge in [-0.3, -0.25) is 9.88 Å². The van der Waals surface area contributed by atoms with Crippen LogP contribution in [0.5, 0.6) is 0 Å². The van der Waals surface area contributed by atoms with Gasteiger partial charge in [0.25, 0.3) is 0 Å². The third kappa shape index (κ3) is 4.02. The Hall–Kier alpha value is -2.75. The molecular weight excluding hydrogens is 392 g/mol. The first-order chi connectivity index (χ1) is 14.2. The molecule has 0 bridgehead atoms. The van der Waals surface area contributed by atoms with Crippen LogP contribution in [0.25, 0.3) is 5.82 Å². The summed E-state index contributed by atoms with van der Waals surface area (Å²) >= 11 is 6.37. The second-order valence-corrected chi connectivity index (χ2v) is 7.54. The molecular formula is C19H23ClN8O. The monoisotopic (exact) mass is 414 g/mol. The highest BCUT2D eigenvalue weighted by molar-refractivity contribution is 6.31. The Balaban J connectivity index is 0.00000218. The highest BCUT2D eigenvalue weighted by Crippen LogP contribution is 2.31. The van der Waals surface area contributed by atoms with E-state index in [2.05, 4.69) is 41.2 Å². The highest BCUT2D eigenvalue weighted by atomic mass is 35.5. The number of nitrogens with one attached hydrogen (secondary N) is 1.